The predicted molar refractivity (Wildman–Crippen MR) is 124 cm³/mol. The Hall–Kier alpha value is -2.97. The maximum atomic E-state index is 14.8. The molecule has 8 heteroatoms. The summed E-state index contributed by atoms with van der Waals surface area (Å²) in [5.41, 5.74) is 1.03. The van der Waals surface area contributed by atoms with Gasteiger partial charge in [-0.1, -0.05) is 12.1 Å². The minimum Gasteiger partial charge on any atom is -0.389 e. The number of aromatic nitrogens is 2. The van der Waals surface area contributed by atoms with E-state index in [1.165, 1.54) is 6.07 Å². The van der Waals surface area contributed by atoms with Crippen LogP contribution in [0.2, 0.25) is 0 Å². The van der Waals surface area contributed by atoms with E-state index in [4.69, 9.17) is 4.74 Å². The average Bonchev–Trinajstić information content (AvgIpc) is 3.21. The number of nitrogens with one attached hydrogen (secondary N) is 1. The van der Waals surface area contributed by atoms with Gasteiger partial charge in [0.2, 0.25) is 0 Å². The minimum atomic E-state index is -0.759. The lowest BCUT2D eigenvalue weighted by Crippen LogP contribution is -2.48. The number of carbonyl (C=O) groups excluding carboxylic acids is 1. The van der Waals surface area contributed by atoms with Gasteiger partial charge in [-0.25, -0.2) is 9.37 Å². The molecule has 5 rings (SSSR count). The SMILES string of the molecule is O=C(N[C@H]1CCOC[C@@H]1O)c1cn(CC2CCN(c3ccccn3)CC2)c2cccc(F)c12. The van der Waals surface area contributed by atoms with Gasteiger partial charge in [0.25, 0.3) is 5.91 Å². The van der Waals surface area contributed by atoms with Crippen molar-refractivity contribution < 1.29 is 19.0 Å². The Kier molecular flexibility index (Phi) is 6.28. The predicted octanol–water partition coefficient (Wildman–Crippen LogP) is 2.97. The number of amides is 1. The van der Waals surface area contributed by atoms with E-state index in [2.05, 4.69) is 15.2 Å². The van der Waals surface area contributed by atoms with Crippen molar-refractivity contribution in [2.24, 2.45) is 5.92 Å². The number of carbonyl (C=O) groups is 1. The normalized spacial score (nSPS) is 21.9. The lowest BCUT2D eigenvalue weighted by Gasteiger charge is -2.33. The Balaban J connectivity index is 1.33. The van der Waals surface area contributed by atoms with Crippen LogP contribution in [0.25, 0.3) is 10.9 Å². The van der Waals surface area contributed by atoms with Crippen LogP contribution in [0.1, 0.15) is 29.6 Å². The molecule has 0 aliphatic carbocycles. The van der Waals surface area contributed by atoms with Gasteiger partial charge in [-0.15, -0.1) is 0 Å². The van der Waals surface area contributed by atoms with Gasteiger partial charge in [0.1, 0.15) is 11.6 Å². The smallest absolute Gasteiger partial charge is 0.253 e. The molecule has 2 atom stereocenters. The molecular formula is C25H29FN4O3. The molecule has 0 spiro atoms. The number of rotatable bonds is 5. The molecule has 2 N–H and O–H groups in total. The molecule has 174 valence electrons. The van der Waals surface area contributed by atoms with Crippen LogP contribution in [0.15, 0.2) is 48.8 Å². The molecule has 33 heavy (non-hydrogen) atoms. The van der Waals surface area contributed by atoms with Crippen molar-refractivity contribution in [3.8, 4) is 0 Å². The summed E-state index contributed by atoms with van der Waals surface area (Å²) in [5.74, 6) is 0.657. The summed E-state index contributed by atoms with van der Waals surface area (Å²) < 4.78 is 22.1. The van der Waals surface area contributed by atoms with E-state index < -0.39 is 18.0 Å². The summed E-state index contributed by atoms with van der Waals surface area (Å²) in [6.45, 7) is 3.24. The second kappa shape index (κ2) is 9.49. The molecule has 2 aliphatic heterocycles. The highest BCUT2D eigenvalue weighted by Crippen LogP contribution is 2.29. The van der Waals surface area contributed by atoms with E-state index in [0.717, 1.165) is 43.8 Å². The van der Waals surface area contributed by atoms with Crippen LogP contribution in [-0.4, -0.2) is 59.0 Å². The number of aliphatic hydroxyl groups excluding tert-OH is 1. The van der Waals surface area contributed by atoms with Crippen LogP contribution in [0.3, 0.4) is 0 Å². The van der Waals surface area contributed by atoms with E-state index in [0.29, 0.717) is 29.9 Å². The largest absolute Gasteiger partial charge is 0.389 e. The monoisotopic (exact) mass is 452 g/mol. The second-order valence-electron chi connectivity index (χ2n) is 8.96. The third kappa shape index (κ3) is 4.58. The number of benzene rings is 1. The standard InChI is InChI=1S/C25H29FN4O3/c26-19-4-3-5-21-24(19)18(25(32)28-20-9-13-33-16-22(20)31)15-30(21)14-17-7-11-29(12-8-17)23-6-1-2-10-27-23/h1-6,10,15,17,20,22,31H,7-9,11-14,16H2,(H,28,32)/t20-,22-/m0/s1. The Bertz CT molecular complexity index is 1110. The molecule has 2 aliphatic rings. The third-order valence-electron chi connectivity index (χ3n) is 6.79. The fourth-order valence-electron chi connectivity index (χ4n) is 4.93. The number of hydrogen-bond acceptors (Lipinski definition) is 5. The zero-order valence-corrected chi connectivity index (χ0v) is 18.5. The zero-order chi connectivity index (χ0) is 22.8. The molecule has 7 nitrogen and oxygen atoms in total. The summed E-state index contributed by atoms with van der Waals surface area (Å²) in [6.07, 6.45) is 5.35. The first kappa shape index (κ1) is 21.9. The van der Waals surface area contributed by atoms with Crippen molar-refractivity contribution in [3.05, 3.63) is 60.2 Å². The van der Waals surface area contributed by atoms with Crippen molar-refractivity contribution in [2.45, 2.75) is 38.0 Å². The van der Waals surface area contributed by atoms with Gasteiger partial charge in [-0.05, 0) is 49.4 Å². The van der Waals surface area contributed by atoms with Crippen LogP contribution in [0, 0.1) is 11.7 Å². The Labute approximate surface area is 192 Å². The van der Waals surface area contributed by atoms with Crippen LogP contribution < -0.4 is 10.2 Å². The van der Waals surface area contributed by atoms with Gasteiger partial charge in [-0.3, -0.25) is 4.79 Å². The van der Waals surface area contributed by atoms with Gasteiger partial charge in [0.05, 0.1) is 29.8 Å². The zero-order valence-electron chi connectivity index (χ0n) is 18.5. The van der Waals surface area contributed by atoms with Gasteiger partial charge in [0.15, 0.2) is 0 Å². The lowest BCUT2D eigenvalue weighted by atomic mass is 9.96. The van der Waals surface area contributed by atoms with Crippen LogP contribution in [0.5, 0.6) is 0 Å². The molecule has 0 bridgehead atoms. The Morgan fingerprint density at radius 1 is 1.18 bits per heavy atom. The summed E-state index contributed by atoms with van der Waals surface area (Å²) >= 11 is 0. The molecule has 0 radical (unpaired) electrons. The summed E-state index contributed by atoms with van der Waals surface area (Å²) in [4.78, 5) is 19.8. The quantitative estimate of drug-likeness (QED) is 0.622. The Morgan fingerprint density at radius 3 is 2.79 bits per heavy atom. The second-order valence-corrected chi connectivity index (χ2v) is 8.96. The van der Waals surface area contributed by atoms with Crippen molar-refractivity contribution in [1.29, 1.82) is 0 Å². The highest BCUT2D eigenvalue weighted by Gasteiger charge is 2.28. The fraction of sp³-hybridized carbons (Fsp3) is 0.440. The highest BCUT2D eigenvalue weighted by atomic mass is 19.1. The Morgan fingerprint density at radius 2 is 2.03 bits per heavy atom. The number of piperidine rings is 1. The average molecular weight is 453 g/mol. The molecule has 2 saturated heterocycles. The first-order valence-corrected chi connectivity index (χ1v) is 11.6. The fourth-order valence-corrected chi connectivity index (χ4v) is 4.93. The van der Waals surface area contributed by atoms with Crippen molar-refractivity contribution in [3.63, 3.8) is 0 Å². The molecule has 3 aromatic rings. The number of anilines is 1. The molecule has 0 saturated carbocycles. The van der Waals surface area contributed by atoms with E-state index in [-0.39, 0.29) is 12.5 Å². The highest BCUT2D eigenvalue weighted by molar-refractivity contribution is 6.07. The summed E-state index contributed by atoms with van der Waals surface area (Å²) in [6, 6.07) is 10.5. The first-order chi connectivity index (χ1) is 16.1. The summed E-state index contributed by atoms with van der Waals surface area (Å²) in [7, 11) is 0. The number of aliphatic hydroxyl groups is 1. The van der Waals surface area contributed by atoms with Gasteiger partial charge in [0, 0.05) is 44.0 Å². The van der Waals surface area contributed by atoms with Crippen LogP contribution in [0.4, 0.5) is 10.2 Å². The number of ether oxygens (including phenoxy) is 1. The van der Waals surface area contributed by atoms with Gasteiger partial charge >= 0.3 is 0 Å². The number of fused-ring (bicyclic) bond motifs is 1. The molecular weight excluding hydrogens is 423 g/mol. The molecule has 1 amide bonds. The number of nitrogens with zero attached hydrogens (tertiary/aromatic N) is 3. The van der Waals surface area contributed by atoms with Gasteiger partial charge in [-0.2, -0.15) is 0 Å². The van der Waals surface area contributed by atoms with Crippen LogP contribution in [-0.2, 0) is 11.3 Å². The molecule has 2 fully saturated rings. The lowest BCUT2D eigenvalue weighted by molar-refractivity contribution is -0.0260. The molecule has 1 aromatic carbocycles. The summed E-state index contributed by atoms with van der Waals surface area (Å²) in [5, 5.41) is 13.3. The van der Waals surface area contributed by atoms with Crippen molar-refractivity contribution in [2.75, 3.05) is 31.2 Å². The van der Waals surface area contributed by atoms with E-state index >= 15 is 0 Å². The van der Waals surface area contributed by atoms with E-state index in [1.807, 2.05) is 35.0 Å². The van der Waals surface area contributed by atoms with Crippen LogP contribution >= 0.6 is 0 Å². The first-order valence-electron chi connectivity index (χ1n) is 11.6. The maximum absolute atomic E-state index is 14.8. The van der Waals surface area contributed by atoms with E-state index in [9.17, 15) is 14.3 Å². The van der Waals surface area contributed by atoms with Crippen molar-refractivity contribution in [1.82, 2.24) is 14.9 Å². The van der Waals surface area contributed by atoms with Gasteiger partial charge < -0.3 is 24.6 Å². The third-order valence-corrected chi connectivity index (χ3v) is 6.79. The number of hydrogen-bond donors (Lipinski definition) is 2. The maximum Gasteiger partial charge on any atom is 0.253 e. The topological polar surface area (TPSA) is 79.6 Å². The molecule has 2 aromatic heterocycles. The molecule has 4 heterocycles. The number of halogens is 1. The van der Waals surface area contributed by atoms with Crippen molar-refractivity contribution >= 4 is 22.6 Å². The molecule has 0 unspecified atom stereocenters. The van der Waals surface area contributed by atoms with E-state index in [1.54, 1.807) is 12.3 Å². The minimum absolute atomic E-state index is 0.193. The number of pyridine rings is 1.